The molecule has 4 heteroatoms. The molecule has 0 aromatic carbocycles. The SMILES string of the molecule is CC(C)CCCOCCCNCCCN1CCOCC1. The van der Waals surface area contributed by atoms with Crippen LogP contribution in [0.5, 0.6) is 0 Å². The number of morpholine rings is 1. The highest BCUT2D eigenvalue weighted by Gasteiger charge is 2.08. The van der Waals surface area contributed by atoms with Gasteiger partial charge in [-0.15, -0.1) is 0 Å². The maximum atomic E-state index is 5.62. The van der Waals surface area contributed by atoms with E-state index in [2.05, 4.69) is 24.1 Å². The molecule has 0 spiro atoms. The van der Waals surface area contributed by atoms with Crippen molar-refractivity contribution in [3.8, 4) is 0 Å². The summed E-state index contributed by atoms with van der Waals surface area (Å²) < 4.78 is 11.0. The van der Waals surface area contributed by atoms with Gasteiger partial charge in [0.15, 0.2) is 0 Å². The lowest BCUT2D eigenvalue weighted by Crippen LogP contribution is -2.37. The third kappa shape index (κ3) is 10.6. The number of hydrogen-bond acceptors (Lipinski definition) is 4. The standard InChI is InChI=1S/C16H34N2O2/c1-16(2)6-3-12-19-13-5-8-17-7-4-9-18-10-14-20-15-11-18/h16-17H,3-15H2,1-2H3. The smallest absolute Gasteiger partial charge is 0.0594 e. The van der Waals surface area contributed by atoms with Crippen LogP contribution in [0.2, 0.25) is 0 Å². The zero-order valence-corrected chi connectivity index (χ0v) is 13.5. The second-order valence-corrected chi connectivity index (χ2v) is 6.06. The van der Waals surface area contributed by atoms with Crippen molar-refractivity contribution in [2.45, 2.75) is 39.5 Å². The molecule has 0 aliphatic carbocycles. The number of nitrogens with zero attached hydrogens (tertiary/aromatic N) is 1. The predicted octanol–water partition coefficient (Wildman–Crippen LogP) is 2.14. The third-order valence-electron chi connectivity index (χ3n) is 3.64. The lowest BCUT2D eigenvalue weighted by atomic mass is 10.1. The molecule has 20 heavy (non-hydrogen) atoms. The minimum absolute atomic E-state index is 0.798. The molecular weight excluding hydrogens is 252 g/mol. The molecule has 0 bridgehead atoms. The molecule has 1 heterocycles. The first-order valence-electron chi connectivity index (χ1n) is 8.37. The molecule has 1 saturated heterocycles. The van der Waals surface area contributed by atoms with Crippen molar-refractivity contribution in [1.82, 2.24) is 10.2 Å². The molecule has 1 aliphatic heterocycles. The highest BCUT2D eigenvalue weighted by molar-refractivity contribution is 4.62. The van der Waals surface area contributed by atoms with E-state index >= 15 is 0 Å². The van der Waals surface area contributed by atoms with Gasteiger partial charge >= 0.3 is 0 Å². The molecular formula is C16H34N2O2. The quantitative estimate of drug-likeness (QED) is 0.557. The molecule has 1 aliphatic rings. The van der Waals surface area contributed by atoms with E-state index in [9.17, 15) is 0 Å². The van der Waals surface area contributed by atoms with E-state index < -0.39 is 0 Å². The molecule has 4 nitrogen and oxygen atoms in total. The van der Waals surface area contributed by atoms with Gasteiger partial charge in [0.05, 0.1) is 13.2 Å². The molecule has 0 amide bonds. The van der Waals surface area contributed by atoms with Crippen LogP contribution in [-0.4, -0.2) is 64.1 Å². The summed E-state index contributed by atoms with van der Waals surface area (Å²) in [6, 6.07) is 0. The maximum absolute atomic E-state index is 5.62. The van der Waals surface area contributed by atoms with Crippen molar-refractivity contribution in [2.24, 2.45) is 5.92 Å². The topological polar surface area (TPSA) is 33.7 Å². The Morgan fingerprint density at radius 3 is 2.50 bits per heavy atom. The number of rotatable bonds is 12. The second-order valence-electron chi connectivity index (χ2n) is 6.06. The van der Waals surface area contributed by atoms with Crippen LogP contribution in [0, 0.1) is 5.92 Å². The molecule has 1 rings (SSSR count). The van der Waals surface area contributed by atoms with Gasteiger partial charge in [0, 0.05) is 26.3 Å². The van der Waals surface area contributed by atoms with Crippen LogP contribution in [0.3, 0.4) is 0 Å². The first kappa shape index (κ1) is 17.9. The molecule has 120 valence electrons. The highest BCUT2D eigenvalue weighted by Crippen LogP contribution is 2.03. The fourth-order valence-electron chi connectivity index (χ4n) is 2.37. The first-order valence-corrected chi connectivity index (χ1v) is 8.37. The Bertz CT molecular complexity index is 207. The summed E-state index contributed by atoms with van der Waals surface area (Å²) in [5, 5.41) is 3.50. The Morgan fingerprint density at radius 2 is 1.75 bits per heavy atom. The van der Waals surface area contributed by atoms with E-state index in [1.165, 1.54) is 25.8 Å². The number of ether oxygens (including phenoxy) is 2. The van der Waals surface area contributed by atoms with Gasteiger partial charge in [0.1, 0.15) is 0 Å². The Morgan fingerprint density at radius 1 is 1.05 bits per heavy atom. The first-order chi connectivity index (χ1) is 9.79. The van der Waals surface area contributed by atoms with Crippen LogP contribution in [-0.2, 0) is 9.47 Å². The zero-order valence-electron chi connectivity index (χ0n) is 13.5. The average Bonchev–Trinajstić information content (AvgIpc) is 2.45. The van der Waals surface area contributed by atoms with Gasteiger partial charge < -0.3 is 14.8 Å². The summed E-state index contributed by atoms with van der Waals surface area (Å²) >= 11 is 0. The summed E-state index contributed by atoms with van der Waals surface area (Å²) in [6.07, 6.45) is 4.83. The van der Waals surface area contributed by atoms with Gasteiger partial charge in [-0.3, -0.25) is 4.90 Å². The fourth-order valence-corrected chi connectivity index (χ4v) is 2.37. The van der Waals surface area contributed by atoms with Crippen molar-refractivity contribution in [3.63, 3.8) is 0 Å². The molecule has 1 N–H and O–H groups in total. The molecule has 0 aromatic heterocycles. The van der Waals surface area contributed by atoms with E-state index in [0.717, 1.165) is 64.9 Å². The minimum Gasteiger partial charge on any atom is -0.381 e. The van der Waals surface area contributed by atoms with E-state index in [1.54, 1.807) is 0 Å². The molecule has 0 radical (unpaired) electrons. The van der Waals surface area contributed by atoms with E-state index in [4.69, 9.17) is 9.47 Å². The Hall–Kier alpha value is -0.160. The van der Waals surface area contributed by atoms with Crippen LogP contribution < -0.4 is 5.32 Å². The number of hydrogen-bond donors (Lipinski definition) is 1. The van der Waals surface area contributed by atoms with Crippen LogP contribution >= 0.6 is 0 Å². The van der Waals surface area contributed by atoms with Crippen molar-refractivity contribution < 1.29 is 9.47 Å². The Labute approximate surface area is 125 Å². The molecule has 0 unspecified atom stereocenters. The Balaban J connectivity index is 1.72. The lowest BCUT2D eigenvalue weighted by molar-refractivity contribution is 0.0374. The largest absolute Gasteiger partial charge is 0.381 e. The summed E-state index contributed by atoms with van der Waals surface area (Å²) in [5.74, 6) is 0.798. The summed E-state index contributed by atoms with van der Waals surface area (Å²) in [7, 11) is 0. The minimum atomic E-state index is 0.798. The molecule has 0 saturated carbocycles. The summed E-state index contributed by atoms with van der Waals surface area (Å²) in [6.45, 7) is 13.8. The van der Waals surface area contributed by atoms with E-state index in [-0.39, 0.29) is 0 Å². The monoisotopic (exact) mass is 286 g/mol. The summed E-state index contributed by atoms with van der Waals surface area (Å²) in [5.41, 5.74) is 0. The average molecular weight is 286 g/mol. The van der Waals surface area contributed by atoms with Gasteiger partial charge in [0.2, 0.25) is 0 Å². The zero-order chi connectivity index (χ0) is 14.5. The normalized spacial score (nSPS) is 16.9. The van der Waals surface area contributed by atoms with Gasteiger partial charge in [-0.05, 0) is 51.2 Å². The third-order valence-corrected chi connectivity index (χ3v) is 3.64. The Kier molecular flexibility index (Phi) is 11.2. The summed E-state index contributed by atoms with van der Waals surface area (Å²) in [4.78, 5) is 2.49. The number of nitrogens with one attached hydrogen (secondary N) is 1. The molecule has 0 aromatic rings. The van der Waals surface area contributed by atoms with Gasteiger partial charge in [0.25, 0.3) is 0 Å². The van der Waals surface area contributed by atoms with Crippen molar-refractivity contribution in [2.75, 3.05) is 59.2 Å². The maximum Gasteiger partial charge on any atom is 0.0594 e. The predicted molar refractivity (Wildman–Crippen MR) is 84.3 cm³/mol. The van der Waals surface area contributed by atoms with Gasteiger partial charge in [-0.2, -0.15) is 0 Å². The fraction of sp³-hybridized carbons (Fsp3) is 1.00. The van der Waals surface area contributed by atoms with Crippen LogP contribution in [0.1, 0.15) is 39.5 Å². The lowest BCUT2D eigenvalue weighted by Gasteiger charge is -2.26. The molecule has 0 atom stereocenters. The van der Waals surface area contributed by atoms with Crippen LogP contribution in [0.4, 0.5) is 0 Å². The van der Waals surface area contributed by atoms with Gasteiger partial charge in [-0.1, -0.05) is 13.8 Å². The highest BCUT2D eigenvalue weighted by atomic mass is 16.5. The molecule has 1 fully saturated rings. The van der Waals surface area contributed by atoms with Crippen LogP contribution in [0.15, 0.2) is 0 Å². The van der Waals surface area contributed by atoms with Crippen molar-refractivity contribution >= 4 is 0 Å². The van der Waals surface area contributed by atoms with E-state index in [1.807, 2.05) is 0 Å². The van der Waals surface area contributed by atoms with Gasteiger partial charge in [-0.25, -0.2) is 0 Å². The van der Waals surface area contributed by atoms with Crippen molar-refractivity contribution in [3.05, 3.63) is 0 Å². The van der Waals surface area contributed by atoms with Crippen molar-refractivity contribution in [1.29, 1.82) is 0 Å². The second kappa shape index (κ2) is 12.6. The van der Waals surface area contributed by atoms with E-state index in [0.29, 0.717) is 0 Å². The van der Waals surface area contributed by atoms with Crippen LogP contribution in [0.25, 0.3) is 0 Å².